The summed E-state index contributed by atoms with van der Waals surface area (Å²) in [6, 6.07) is 0. The molecule has 16 heavy (non-hydrogen) atoms. The summed E-state index contributed by atoms with van der Waals surface area (Å²) in [5, 5.41) is 3.29. The van der Waals surface area contributed by atoms with E-state index in [2.05, 4.69) is 34.1 Å². The molecule has 5 heteroatoms. The van der Waals surface area contributed by atoms with Crippen molar-refractivity contribution in [1.82, 2.24) is 19.5 Å². The summed E-state index contributed by atoms with van der Waals surface area (Å²) in [4.78, 5) is 12.2. The Labute approximate surface area is 94.6 Å². The summed E-state index contributed by atoms with van der Waals surface area (Å²) in [7, 11) is 0. The maximum absolute atomic E-state index is 4.26. The van der Waals surface area contributed by atoms with Crippen LogP contribution in [0, 0.1) is 5.92 Å². The van der Waals surface area contributed by atoms with Gasteiger partial charge in [0.1, 0.15) is 6.33 Å². The van der Waals surface area contributed by atoms with Crippen molar-refractivity contribution in [2.24, 2.45) is 5.92 Å². The van der Waals surface area contributed by atoms with Gasteiger partial charge in [0.25, 0.3) is 0 Å². The maximum atomic E-state index is 4.26. The Hall–Kier alpha value is -1.91. The molecule has 2 rings (SSSR count). The zero-order valence-corrected chi connectivity index (χ0v) is 9.46. The Morgan fingerprint density at radius 3 is 2.75 bits per heavy atom. The van der Waals surface area contributed by atoms with Crippen molar-refractivity contribution in [2.75, 3.05) is 11.9 Å². The molecule has 2 heterocycles. The summed E-state index contributed by atoms with van der Waals surface area (Å²) in [5.74, 6) is 1.40. The normalized spacial score (nSPS) is 10.7. The number of anilines is 1. The van der Waals surface area contributed by atoms with Crippen LogP contribution in [0.2, 0.25) is 0 Å². The minimum Gasteiger partial charge on any atom is -0.355 e. The van der Waals surface area contributed by atoms with E-state index in [9.17, 15) is 0 Å². The minimum absolute atomic E-state index is 0.581. The van der Waals surface area contributed by atoms with E-state index < -0.39 is 0 Å². The highest BCUT2D eigenvalue weighted by Crippen LogP contribution is 2.12. The Morgan fingerprint density at radius 1 is 1.31 bits per heavy atom. The molecule has 0 aliphatic rings. The van der Waals surface area contributed by atoms with Crippen LogP contribution in [0.1, 0.15) is 13.8 Å². The van der Waals surface area contributed by atoms with Gasteiger partial charge in [-0.2, -0.15) is 0 Å². The number of nitrogens with zero attached hydrogens (tertiary/aromatic N) is 4. The monoisotopic (exact) mass is 217 g/mol. The lowest BCUT2D eigenvalue weighted by atomic mass is 10.2. The van der Waals surface area contributed by atoms with Gasteiger partial charge in [-0.25, -0.2) is 15.0 Å². The summed E-state index contributed by atoms with van der Waals surface area (Å²) in [6.45, 7) is 5.21. The Kier molecular flexibility index (Phi) is 3.14. The van der Waals surface area contributed by atoms with Gasteiger partial charge in [-0.3, -0.25) is 4.57 Å². The van der Waals surface area contributed by atoms with Gasteiger partial charge in [-0.1, -0.05) is 13.8 Å². The molecule has 0 aliphatic carbocycles. The minimum atomic E-state index is 0.581. The van der Waals surface area contributed by atoms with E-state index in [0.29, 0.717) is 5.92 Å². The Morgan fingerprint density at radius 2 is 2.06 bits per heavy atom. The highest BCUT2D eigenvalue weighted by Gasteiger charge is 2.04. The fourth-order valence-electron chi connectivity index (χ4n) is 1.35. The van der Waals surface area contributed by atoms with Gasteiger partial charge in [0.05, 0.1) is 18.1 Å². The van der Waals surface area contributed by atoms with Crippen LogP contribution in [0.25, 0.3) is 5.69 Å². The molecule has 5 nitrogen and oxygen atoms in total. The third-order valence-corrected chi connectivity index (χ3v) is 2.13. The average Bonchev–Trinajstić information content (AvgIpc) is 2.75. The van der Waals surface area contributed by atoms with Crippen LogP contribution >= 0.6 is 0 Å². The predicted octanol–water partition coefficient (Wildman–Crippen LogP) is 1.73. The van der Waals surface area contributed by atoms with Gasteiger partial charge >= 0.3 is 0 Å². The number of hydrogen-bond acceptors (Lipinski definition) is 4. The Bertz CT molecular complexity index is 435. The van der Waals surface area contributed by atoms with Crippen molar-refractivity contribution in [1.29, 1.82) is 0 Å². The first-order chi connectivity index (χ1) is 7.77. The smallest absolute Gasteiger partial charge is 0.207 e. The average molecular weight is 217 g/mol. The van der Waals surface area contributed by atoms with Crippen molar-refractivity contribution < 1.29 is 0 Å². The molecule has 1 N–H and O–H groups in total. The van der Waals surface area contributed by atoms with E-state index in [-0.39, 0.29) is 0 Å². The summed E-state index contributed by atoms with van der Waals surface area (Å²) < 4.78 is 1.93. The molecule has 0 amide bonds. The third-order valence-electron chi connectivity index (χ3n) is 2.13. The van der Waals surface area contributed by atoms with Crippen LogP contribution in [-0.4, -0.2) is 26.1 Å². The molecule has 0 bridgehead atoms. The predicted molar refractivity (Wildman–Crippen MR) is 62.5 cm³/mol. The van der Waals surface area contributed by atoms with Crippen molar-refractivity contribution in [2.45, 2.75) is 13.8 Å². The summed E-state index contributed by atoms with van der Waals surface area (Å²) in [5.41, 5.74) is 0.909. The molecule has 0 saturated heterocycles. The molecule has 2 aromatic rings. The van der Waals surface area contributed by atoms with E-state index in [1.165, 1.54) is 6.33 Å². The molecular formula is C11H15N5. The van der Waals surface area contributed by atoms with Crippen molar-refractivity contribution in [3.63, 3.8) is 0 Å². The SMILES string of the molecule is CC(C)CNc1nccn1-c1cncnc1. The maximum Gasteiger partial charge on any atom is 0.207 e. The fraction of sp³-hybridized carbons (Fsp3) is 0.364. The molecule has 0 atom stereocenters. The molecule has 0 fully saturated rings. The van der Waals surface area contributed by atoms with E-state index in [0.717, 1.165) is 18.2 Å². The lowest BCUT2D eigenvalue weighted by Gasteiger charge is -2.10. The second-order valence-electron chi connectivity index (χ2n) is 3.99. The zero-order chi connectivity index (χ0) is 11.4. The van der Waals surface area contributed by atoms with Crippen molar-refractivity contribution >= 4 is 5.95 Å². The summed E-state index contributed by atoms with van der Waals surface area (Å²) in [6.07, 6.45) is 8.68. The molecule has 2 aromatic heterocycles. The zero-order valence-electron chi connectivity index (χ0n) is 9.46. The lowest BCUT2D eigenvalue weighted by molar-refractivity contribution is 0.683. The quantitative estimate of drug-likeness (QED) is 0.847. The van der Waals surface area contributed by atoms with E-state index >= 15 is 0 Å². The number of nitrogens with one attached hydrogen (secondary N) is 1. The number of aromatic nitrogens is 4. The van der Waals surface area contributed by atoms with Gasteiger partial charge in [0, 0.05) is 18.9 Å². The first-order valence-corrected chi connectivity index (χ1v) is 5.30. The van der Waals surface area contributed by atoms with Gasteiger partial charge in [-0.05, 0) is 5.92 Å². The van der Waals surface area contributed by atoms with Gasteiger partial charge < -0.3 is 5.32 Å². The van der Waals surface area contributed by atoms with Crippen molar-refractivity contribution in [3.8, 4) is 5.69 Å². The highest BCUT2D eigenvalue weighted by atomic mass is 15.2. The van der Waals surface area contributed by atoms with E-state index in [1.54, 1.807) is 18.6 Å². The first kappa shape index (κ1) is 10.6. The summed E-state index contributed by atoms with van der Waals surface area (Å²) >= 11 is 0. The van der Waals surface area contributed by atoms with Crippen LogP contribution < -0.4 is 5.32 Å². The molecule has 0 aliphatic heterocycles. The number of imidazole rings is 1. The molecule has 0 unspecified atom stereocenters. The Balaban J connectivity index is 2.19. The fourth-order valence-corrected chi connectivity index (χ4v) is 1.35. The molecule has 0 saturated carbocycles. The standard InChI is InChI=1S/C11H15N5/c1-9(2)5-15-11-14-3-4-16(11)10-6-12-8-13-7-10/h3-4,6-9H,5H2,1-2H3,(H,14,15). The first-order valence-electron chi connectivity index (χ1n) is 5.30. The largest absolute Gasteiger partial charge is 0.355 e. The number of hydrogen-bond donors (Lipinski definition) is 1. The molecule has 0 aromatic carbocycles. The lowest BCUT2D eigenvalue weighted by Crippen LogP contribution is -2.12. The topological polar surface area (TPSA) is 55.6 Å². The molecule has 0 spiro atoms. The highest BCUT2D eigenvalue weighted by molar-refractivity contribution is 5.38. The van der Waals surface area contributed by atoms with Crippen LogP contribution in [0.5, 0.6) is 0 Å². The van der Waals surface area contributed by atoms with Gasteiger partial charge in [0.2, 0.25) is 5.95 Å². The van der Waals surface area contributed by atoms with Gasteiger partial charge in [-0.15, -0.1) is 0 Å². The molecular weight excluding hydrogens is 202 g/mol. The van der Waals surface area contributed by atoms with E-state index in [1.807, 2.05) is 10.8 Å². The van der Waals surface area contributed by atoms with Crippen molar-refractivity contribution in [3.05, 3.63) is 31.1 Å². The van der Waals surface area contributed by atoms with Crippen LogP contribution in [0.3, 0.4) is 0 Å². The van der Waals surface area contributed by atoms with E-state index in [4.69, 9.17) is 0 Å². The molecule has 84 valence electrons. The second-order valence-corrected chi connectivity index (χ2v) is 3.99. The van der Waals surface area contributed by atoms with Gasteiger partial charge in [0.15, 0.2) is 0 Å². The third kappa shape index (κ3) is 2.36. The molecule has 0 radical (unpaired) electrons. The number of rotatable bonds is 4. The van der Waals surface area contributed by atoms with Crippen LogP contribution in [0.4, 0.5) is 5.95 Å². The second kappa shape index (κ2) is 4.74. The van der Waals surface area contributed by atoms with Crippen LogP contribution in [0.15, 0.2) is 31.1 Å². The van der Waals surface area contributed by atoms with Crippen LogP contribution in [-0.2, 0) is 0 Å².